The van der Waals surface area contributed by atoms with Crippen molar-refractivity contribution in [2.24, 2.45) is 23.7 Å². The smallest absolute Gasteiger partial charge is 0.233 e. The molecule has 3 fully saturated rings. The summed E-state index contributed by atoms with van der Waals surface area (Å²) in [6.07, 6.45) is 3.26. The van der Waals surface area contributed by atoms with Crippen LogP contribution < -0.4 is 5.32 Å². The number of carbonyl (C=O) groups excluding carboxylic acids is 3. The van der Waals surface area contributed by atoms with Crippen LogP contribution in [0.3, 0.4) is 0 Å². The van der Waals surface area contributed by atoms with E-state index in [0.29, 0.717) is 22.5 Å². The van der Waals surface area contributed by atoms with Crippen molar-refractivity contribution in [1.29, 1.82) is 0 Å². The van der Waals surface area contributed by atoms with Crippen LogP contribution >= 0.6 is 11.6 Å². The zero-order valence-electron chi connectivity index (χ0n) is 14.1. The second kappa shape index (κ2) is 6.13. The van der Waals surface area contributed by atoms with Gasteiger partial charge in [-0.2, -0.15) is 0 Å². The van der Waals surface area contributed by atoms with Crippen LogP contribution in [0.25, 0.3) is 0 Å². The lowest BCUT2D eigenvalue weighted by Crippen LogP contribution is -2.35. The van der Waals surface area contributed by atoms with Crippen LogP contribution in [-0.4, -0.2) is 29.2 Å². The average molecular weight is 361 g/mol. The predicted octanol–water partition coefficient (Wildman–Crippen LogP) is 3.01. The Morgan fingerprint density at radius 2 is 1.84 bits per heavy atom. The molecule has 4 rings (SSSR count). The average Bonchev–Trinajstić information content (AvgIpc) is 3.24. The predicted molar refractivity (Wildman–Crippen MR) is 94.0 cm³/mol. The maximum Gasteiger partial charge on any atom is 0.233 e. The van der Waals surface area contributed by atoms with E-state index in [-0.39, 0.29) is 42.5 Å². The molecular formula is C19H21ClN2O3. The Hall–Kier alpha value is -1.88. The molecular weight excluding hydrogens is 340 g/mol. The number of hydrogen-bond donors (Lipinski definition) is 1. The van der Waals surface area contributed by atoms with E-state index in [4.69, 9.17) is 11.6 Å². The van der Waals surface area contributed by atoms with Gasteiger partial charge >= 0.3 is 0 Å². The molecule has 1 saturated heterocycles. The van der Waals surface area contributed by atoms with Crippen molar-refractivity contribution in [2.45, 2.75) is 32.6 Å². The highest BCUT2D eigenvalue weighted by Gasteiger charge is 2.60. The van der Waals surface area contributed by atoms with Gasteiger partial charge < -0.3 is 5.32 Å². The van der Waals surface area contributed by atoms with E-state index in [1.807, 2.05) is 13.0 Å². The molecule has 5 nitrogen and oxygen atoms in total. The number of amides is 3. The van der Waals surface area contributed by atoms with E-state index in [1.54, 1.807) is 12.1 Å². The summed E-state index contributed by atoms with van der Waals surface area (Å²) in [4.78, 5) is 38.7. The second-order valence-electron chi connectivity index (χ2n) is 7.48. The van der Waals surface area contributed by atoms with Gasteiger partial charge in [-0.05, 0) is 55.7 Å². The minimum atomic E-state index is -0.222. The van der Waals surface area contributed by atoms with Gasteiger partial charge in [0.25, 0.3) is 0 Å². The summed E-state index contributed by atoms with van der Waals surface area (Å²) in [6.45, 7) is 2.05. The molecule has 0 unspecified atom stereocenters. The second-order valence-corrected chi connectivity index (χ2v) is 7.88. The molecule has 1 aromatic rings. The van der Waals surface area contributed by atoms with Crippen LogP contribution in [0.4, 0.5) is 5.69 Å². The van der Waals surface area contributed by atoms with Crippen LogP contribution in [0.15, 0.2) is 18.2 Å². The van der Waals surface area contributed by atoms with Crippen molar-refractivity contribution in [2.75, 3.05) is 11.9 Å². The van der Waals surface area contributed by atoms with Crippen molar-refractivity contribution in [3.63, 3.8) is 0 Å². The number of imide groups is 1. The van der Waals surface area contributed by atoms with E-state index in [9.17, 15) is 14.4 Å². The molecule has 0 radical (unpaired) electrons. The molecule has 1 aromatic carbocycles. The Labute approximate surface area is 151 Å². The van der Waals surface area contributed by atoms with E-state index < -0.39 is 0 Å². The SMILES string of the molecule is Cc1ccc(NC(=O)CCN2C(=O)[C@H]3[C@H]4CC[C@@H](C4)[C@@H]3C2=O)cc1Cl. The number of rotatable bonds is 4. The fraction of sp³-hybridized carbons (Fsp3) is 0.526. The summed E-state index contributed by atoms with van der Waals surface area (Å²) in [5.41, 5.74) is 1.56. The highest BCUT2D eigenvalue weighted by molar-refractivity contribution is 6.31. The van der Waals surface area contributed by atoms with E-state index in [0.717, 1.165) is 24.8 Å². The van der Waals surface area contributed by atoms with Crippen LogP contribution in [0.1, 0.15) is 31.2 Å². The highest BCUT2D eigenvalue weighted by atomic mass is 35.5. The molecule has 2 bridgehead atoms. The standard InChI is InChI=1S/C19H21ClN2O3/c1-10-2-5-13(9-14(10)20)21-15(23)6-7-22-18(24)16-11-3-4-12(8-11)17(16)19(22)25/h2,5,9,11-12,16-17H,3-4,6-8H2,1H3,(H,21,23)/t11-,12-,16-,17-/m0/s1. The van der Waals surface area contributed by atoms with Crippen molar-refractivity contribution in [3.05, 3.63) is 28.8 Å². The summed E-state index contributed by atoms with van der Waals surface area (Å²) < 4.78 is 0. The quantitative estimate of drug-likeness (QED) is 0.839. The molecule has 0 spiro atoms. The van der Waals surface area contributed by atoms with Crippen LogP contribution in [0.5, 0.6) is 0 Å². The topological polar surface area (TPSA) is 66.5 Å². The summed E-state index contributed by atoms with van der Waals surface area (Å²) in [6, 6.07) is 5.32. The lowest BCUT2D eigenvalue weighted by molar-refractivity contribution is -0.140. The lowest BCUT2D eigenvalue weighted by Gasteiger charge is -2.19. The largest absolute Gasteiger partial charge is 0.326 e. The number of fused-ring (bicyclic) bond motifs is 5. The molecule has 2 aliphatic carbocycles. The zero-order valence-corrected chi connectivity index (χ0v) is 14.9. The van der Waals surface area contributed by atoms with Crippen LogP contribution in [-0.2, 0) is 14.4 Å². The lowest BCUT2D eigenvalue weighted by atomic mass is 9.81. The summed E-state index contributed by atoms with van der Waals surface area (Å²) in [5, 5.41) is 3.36. The monoisotopic (exact) mass is 360 g/mol. The highest BCUT2D eigenvalue weighted by Crippen LogP contribution is 2.56. The Bertz CT molecular complexity index is 735. The van der Waals surface area contributed by atoms with Gasteiger partial charge in [-0.15, -0.1) is 0 Å². The Balaban J connectivity index is 1.36. The fourth-order valence-corrected chi connectivity index (χ4v) is 4.98. The molecule has 4 atom stereocenters. The number of likely N-dealkylation sites (tertiary alicyclic amines) is 1. The molecule has 1 N–H and O–H groups in total. The molecule has 2 saturated carbocycles. The maximum absolute atomic E-state index is 12.6. The first kappa shape index (κ1) is 16.6. The number of anilines is 1. The minimum Gasteiger partial charge on any atom is -0.326 e. The molecule has 6 heteroatoms. The molecule has 3 aliphatic rings. The normalized spacial score (nSPS) is 30.1. The van der Waals surface area contributed by atoms with E-state index in [1.165, 1.54) is 4.90 Å². The molecule has 132 valence electrons. The van der Waals surface area contributed by atoms with Crippen molar-refractivity contribution < 1.29 is 14.4 Å². The van der Waals surface area contributed by atoms with E-state index in [2.05, 4.69) is 5.32 Å². The molecule has 1 aliphatic heterocycles. The van der Waals surface area contributed by atoms with E-state index >= 15 is 0 Å². The summed E-state index contributed by atoms with van der Waals surface area (Å²) >= 11 is 6.06. The number of carbonyl (C=O) groups is 3. The van der Waals surface area contributed by atoms with Gasteiger partial charge in [0, 0.05) is 23.7 Å². The first-order valence-corrected chi connectivity index (χ1v) is 9.24. The van der Waals surface area contributed by atoms with Crippen LogP contribution in [0.2, 0.25) is 5.02 Å². The number of hydrogen-bond acceptors (Lipinski definition) is 3. The Kier molecular flexibility index (Phi) is 4.07. The summed E-state index contributed by atoms with van der Waals surface area (Å²) in [5.74, 6) is 0.165. The Morgan fingerprint density at radius 3 is 2.44 bits per heavy atom. The van der Waals surface area contributed by atoms with Crippen molar-refractivity contribution in [1.82, 2.24) is 4.90 Å². The number of aryl methyl sites for hydroxylation is 1. The van der Waals surface area contributed by atoms with Gasteiger partial charge in [0.05, 0.1) is 11.8 Å². The van der Waals surface area contributed by atoms with Crippen molar-refractivity contribution in [3.8, 4) is 0 Å². The van der Waals surface area contributed by atoms with Gasteiger partial charge in [-0.1, -0.05) is 17.7 Å². The first-order valence-electron chi connectivity index (χ1n) is 8.87. The third-order valence-corrected chi connectivity index (χ3v) is 6.44. The summed E-state index contributed by atoms with van der Waals surface area (Å²) in [7, 11) is 0. The van der Waals surface area contributed by atoms with Crippen LogP contribution in [0, 0.1) is 30.6 Å². The number of nitrogens with zero attached hydrogens (tertiary/aromatic N) is 1. The van der Waals surface area contributed by atoms with Gasteiger partial charge in [-0.25, -0.2) is 0 Å². The first-order chi connectivity index (χ1) is 12.0. The third-order valence-electron chi connectivity index (χ3n) is 6.04. The van der Waals surface area contributed by atoms with Gasteiger partial charge in [-0.3, -0.25) is 19.3 Å². The molecule has 0 aromatic heterocycles. The number of benzene rings is 1. The minimum absolute atomic E-state index is 0.0617. The van der Waals surface area contributed by atoms with Crippen molar-refractivity contribution >= 4 is 35.0 Å². The van der Waals surface area contributed by atoms with Gasteiger partial charge in [0.2, 0.25) is 17.7 Å². The third kappa shape index (κ3) is 2.74. The zero-order chi connectivity index (χ0) is 17.7. The maximum atomic E-state index is 12.6. The number of nitrogens with one attached hydrogen (secondary N) is 1. The molecule has 25 heavy (non-hydrogen) atoms. The molecule has 3 amide bonds. The fourth-order valence-electron chi connectivity index (χ4n) is 4.80. The Morgan fingerprint density at radius 1 is 1.20 bits per heavy atom. The molecule has 1 heterocycles. The van der Waals surface area contributed by atoms with Gasteiger partial charge in [0.15, 0.2) is 0 Å². The number of halogens is 1. The van der Waals surface area contributed by atoms with Gasteiger partial charge in [0.1, 0.15) is 0 Å².